The Balaban J connectivity index is 2.41. The first kappa shape index (κ1) is 16.2. The Bertz CT molecular complexity index is 641. The highest BCUT2D eigenvalue weighted by Crippen LogP contribution is 2.33. The minimum atomic E-state index is 0.117. The van der Waals surface area contributed by atoms with E-state index in [2.05, 4.69) is 26.5 Å². The molecule has 0 spiro atoms. The molecule has 2 rings (SSSR count). The van der Waals surface area contributed by atoms with E-state index in [1.807, 2.05) is 41.1 Å². The lowest BCUT2D eigenvalue weighted by molar-refractivity contribution is 0.229. The molecule has 0 unspecified atom stereocenters. The van der Waals surface area contributed by atoms with Gasteiger partial charge in [-0.15, -0.1) is 0 Å². The van der Waals surface area contributed by atoms with Crippen molar-refractivity contribution >= 4 is 23.4 Å². The molecule has 1 aromatic heterocycles. The highest BCUT2D eigenvalue weighted by Gasteiger charge is 2.27. The lowest BCUT2D eigenvalue weighted by atomic mass is 9.81. The van der Waals surface area contributed by atoms with Crippen molar-refractivity contribution in [2.45, 2.75) is 46.1 Å². The second kappa shape index (κ2) is 7.17. The van der Waals surface area contributed by atoms with Crippen LogP contribution in [0.1, 0.15) is 39.5 Å². The number of pyridine rings is 1. The molecule has 2 aromatic rings. The molecule has 0 atom stereocenters. The van der Waals surface area contributed by atoms with E-state index in [0.29, 0.717) is 0 Å². The first-order chi connectivity index (χ1) is 10.2. The van der Waals surface area contributed by atoms with Crippen LogP contribution in [-0.4, -0.2) is 10.3 Å². The van der Waals surface area contributed by atoms with E-state index < -0.39 is 0 Å². The van der Waals surface area contributed by atoms with Crippen LogP contribution < -0.4 is 5.56 Å². The van der Waals surface area contributed by atoms with Crippen molar-refractivity contribution < 1.29 is 0 Å². The zero-order valence-corrected chi connectivity index (χ0v) is 13.9. The van der Waals surface area contributed by atoms with E-state index in [0.717, 1.165) is 48.8 Å². The molecule has 114 valence electrons. The quantitative estimate of drug-likeness (QED) is 0.746. The molecule has 0 radical (unpaired) electrons. The van der Waals surface area contributed by atoms with Gasteiger partial charge in [0, 0.05) is 18.1 Å². The number of aromatic nitrogens is 1. The molecule has 0 saturated carbocycles. The summed E-state index contributed by atoms with van der Waals surface area (Å²) in [6.07, 6.45) is 6.42. The molecule has 1 aromatic carbocycles. The summed E-state index contributed by atoms with van der Waals surface area (Å²) in [5.41, 5.74) is 0.241. The van der Waals surface area contributed by atoms with Crippen LogP contribution >= 0.6 is 12.6 Å². The van der Waals surface area contributed by atoms with Gasteiger partial charge in [0.05, 0.1) is 0 Å². The van der Waals surface area contributed by atoms with Crippen LogP contribution in [0.3, 0.4) is 0 Å². The van der Waals surface area contributed by atoms with Crippen LogP contribution in [0, 0.1) is 5.41 Å². The predicted molar refractivity (Wildman–Crippen MR) is 94.3 cm³/mol. The van der Waals surface area contributed by atoms with E-state index in [4.69, 9.17) is 0 Å². The summed E-state index contributed by atoms with van der Waals surface area (Å²) in [4.78, 5) is 12.7. The maximum atomic E-state index is 12.7. The molecule has 0 amide bonds. The van der Waals surface area contributed by atoms with Crippen molar-refractivity contribution in [3.05, 3.63) is 46.9 Å². The van der Waals surface area contributed by atoms with Gasteiger partial charge in [0.25, 0.3) is 5.56 Å². The van der Waals surface area contributed by atoms with Gasteiger partial charge in [-0.05, 0) is 41.5 Å². The molecule has 0 aliphatic rings. The van der Waals surface area contributed by atoms with E-state index in [9.17, 15) is 4.79 Å². The largest absolute Gasteiger partial charge is 0.314 e. The normalized spacial score (nSPS) is 12.0. The number of thiol groups is 1. The van der Waals surface area contributed by atoms with Crippen molar-refractivity contribution in [2.24, 2.45) is 5.41 Å². The molecule has 0 aliphatic heterocycles. The number of fused-ring (bicyclic) bond motifs is 1. The van der Waals surface area contributed by atoms with Crippen LogP contribution in [0.2, 0.25) is 0 Å². The van der Waals surface area contributed by atoms with Gasteiger partial charge in [-0.2, -0.15) is 12.6 Å². The molecule has 0 fully saturated rings. The predicted octanol–water partition coefficient (Wildman–Crippen LogP) is 4.52. The highest BCUT2D eigenvalue weighted by atomic mass is 32.1. The average molecular weight is 303 g/mol. The minimum absolute atomic E-state index is 0.117. The van der Waals surface area contributed by atoms with Gasteiger partial charge >= 0.3 is 0 Å². The number of nitrogens with zero attached hydrogens (tertiary/aromatic N) is 1. The summed E-state index contributed by atoms with van der Waals surface area (Å²) < 4.78 is 1.88. The second-order valence-corrected chi connectivity index (χ2v) is 6.31. The van der Waals surface area contributed by atoms with Gasteiger partial charge in [0.2, 0.25) is 0 Å². The molecule has 1 heterocycles. The molecular weight excluding hydrogens is 278 g/mol. The zero-order chi connectivity index (χ0) is 15.3. The Morgan fingerprint density at radius 1 is 1.10 bits per heavy atom. The third kappa shape index (κ3) is 3.52. The highest BCUT2D eigenvalue weighted by molar-refractivity contribution is 7.80. The van der Waals surface area contributed by atoms with Gasteiger partial charge in [0.1, 0.15) is 0 Å². The fraction of sp³-hybridized carbons (Fsp3) is 0.500. The molecule has 3 heteroatoms. The first-order valence-corrected chi connectivity index (χ1v) is 8.48. The molecule has 0 N–H and O–H groups in total. The Hall–Kier alpha value is -1.22. The zero-order valence-electron chi connectivity index (χ0n) is 13.0. The first-order valence-electron chi connectivity index (χ1n) is 7.85. The summed E-state index contributed by atoms with van der Waals surface area (Å²) in [7, 11) is 0. The minimum Gasteiger partial charge on any atom is -0.314 e. The van der Waals surface area contributed by atoms with E-state index in [1.54, 1.807) is 0 Å². The monoisotopic (exact) mass is 303 g/mol. The van der Waals surface area contributed by atoms with E-state index >= 15 is 0 Å². The number of benzene rings is 1. The maximum absolute atomic E-state index is 12.7. The van der Waals surface area contributed by atoms with Crippen LogP contribution in [-0.2, 0) is 6.54 Å². The molecule has 21 heavy (non-hydrogen) atoms. The SMILES string of the molecule is CCCC(CS)(CCC)Cn1ccc2ccccc2c1=O. The Labute approximate surface area is 132 Å². The topological polar surface area (TPSA) is 22.0 Å². The third-order valence-corrected chi connectivity index (χ3v) is 4.96. The molecule has 0 aliphatic carbocycles. The summed E-state index contributed by atoms with van der Waals surface area (Å²) >= 11 is 4.59. The summed E-state index contributed by atoms with van der Waals surface area (Å²) in [5, 5.41) is 1.82. The van der Waals surface area contributed by atoms with E-state index in [-0.39, 0.29) is 11.0 Å². The van der Waals surface area contributed by atoms with Crippen molar-refractivity contribution in [3.63, 3.8) is 0 Å². The number of hydrogen-bond donors (Lipinski definition) is 1. The van der Waals surface area contributed by atoms with Gasteiger partial charge in [-0.25, -0.2) is 0 Å². The molecular formula is C18H25NOS. The summed E-state index contributed by atoms with van der Waals surface area (Å²) in [5.74, 6) is 0.827. The Kier molecular flexibility index (Phi) is 5.51. The third-order valence-electron chi connectivity index (χ3n) is 4.29. The Morgan fingerprint density at radius 3 is 2.38 bits per heavy atom. The van der Waals surface area contributed by atoms with Crippen molar-refractivity contribution in [3.8, 4) is 0 Å². The van der Waals surface area contributed by atoms with Crippen LogP contribution in [0.15, 0.2) is 41.3 Å². The standard InChI is InChI=1S/C18H25NOS/c1-3-10-18(14-21,11-4-2)13-19-12-9-15-7-5-6-8-16(15)17(19)20/h5-9,12,21H,3-4,10-11,13-14H2,1-2H3. The van der Waals surface area contributed by atoms with Crippen LogP contribution in [0.25, 0.3) is 10.8 Å². The smallest absolute Gasteiger partial charge is 0.258 e. The maximum Gasteiger partial charge on any atom is 0.258 e. The lowest BCUT2D eigenvalue weighted by Crippen LogP contribution is -2.33. The molecule has 2 nitrogen and oxygen atoms in total. The van der Waals surface area contributed by atoms with E-state index in [1.165, 1.54) is 0 Å². The summed E-state index contributed by atoms with van der Waals surface area (Å²) in [6.45, 7) is 5.18. The van der Waals surface area contributed by atoms with Gasteiger partial charge in [-0.3, -0.25) is 4.79 Å². The molecule has 0 saturated heterocycles. The van der Waals surface area contributed by atoms with Crippen molar-refractivity contribution in [2.75, 3.05) is 5.75 Å². The van der Waals surface area contributed by atoms with Crippen LogP contribution in [0.5, 0.6) is 0 Å². The fourth-order valence-electron chi connectivity index (χ4n) is 3.27. The fourth-order valence-corrected chi connectivity index (χ4v) is 3.68. The van der Waals surface area contributed by atoms with Gasteiger partial charge in [0.15, 0.2) is 0 Å². The Morgan fingerprint density at radius 2 is 1.76 bits per heavy atom. The van der Waals surface area contributed by atoms with Gasteiger partial charge < -0.3 is 4.57 Å². The molecule has 0 bridgehead atoms. The average Bonchev–Trinajstić information content (AvgIpc) is 2.51. The van der Waals surface area contributed by atoms with Crippen LogP contribution in [0.4, 0.5) is 0 Å². The lowest BCUT2D eigenvalue weighted by Gasteiger charge is -2.32. The van der Waals surface area contributed by atoms with Crippen molar-refractivity contribution in [1.82, 2.24) is 4.57 Å². The number of hydrogen-bond acceptors (Lipinski definition) is 2. The van der Waals surface area contributed by atoms with Gasteiger partial charge in [-0.1, -0.05) is 44.9 Å². The second-order valence-electron chi connectivity index (χ2n) is 5.99. The number of rotatable bonds is 7. The van der Waals surface area contributed by atoms with Crippen molar-refractivity contribution in [1.29, 1.82) is 0 Å². The summed E-state index contributed by atoms with van der Waals surface area (Å²) in [6, 6.07) is 9.84.